The lowest BCUT2D eigenvalue weighted by atomic mass is 10.1. The first-order valence-corrected chi connectivity index (χ1v) is 8.29. The lowest BCUT2D eigenvalue weighted by molar-refractivity contribution is -0.145. The molecule has 3 heteroatoms. The zero-order valence-electron chi connectivity index (χ0n) is 13.9. The van der Waals surface area contributed by atoms with Gasteiger partial charge in [-0.3, -0.25) is 0 Å². The lowest BCUT2D eigenvalue weighted by Crippen LogP contribution is -2.16. The Balaban J connectivity index is 1.43. The molecule has 0 spiro atoms. The Kier molecular flexibility index (Phi) is 5.83. The number of carbonyl (C=O) groups excluding carboxylic acids is 1. The molecule has 0 aliphatic heterocycles. The minimum absolute atomic E-state index is 0.0839. The molecule has 126 valence electrons. The van der Waals surface area contributed by atoms with Crippen LogP contribution >= 0.6 is 0 Å². The number of carbonyl (C=O) groups is 1. The molecular formula is C22H20O3. The average Bonchev–Trinajstić information content (AvgIpc) is 2.68. The van der Waals surface area contributed by atoms with Crippen LogP contribution in [0.15, 0.2) is 84.9 Å². The zero-order valence-corrected chi connectivity index (χ0v) is 13.9. The first-order chi connectivity index (χ1) is 12.3. The van der Waals surface area contributed by atoms with Gasteiger partial charge in [-0.25, -0.2) is 4.79 Å². The molecular weight excluding hydrogens is 312 g/mol. The quantitative estimate of drug-likeness (QED) is 0.597. The highest BCUT2D eigenvalue weighted by Gasteiger charge is 2.05. The van der Waals surface area contributed by atoms with Gasteiger partial charge in [-0.2, -0.15) is 0 Å². The van der Waals surface area contributed by atoms with Crippen molar-refractivity contribution in [3.05, 3.63) is 90.5 Å². The van der Waals surface area contributed by atoms with Gasteiger partial charge >= 0.3 is 5.97 Å². The average molecular weight is 332 g/mol. The van der Waals surface area contributed by atoms with Crippen LogP contribution in [0, 0.1) is 0 Å². The largest absolute Gasteiger partial charge is 0.482 e. The summed E-state index contributed by atoms with van der Waals surface area (Å²) < 4.78 is 10.7. The lowest BCUT2D eigenvalue weighted by Gasteiger charge is -2.08. The van der Waals surface area contributed by atoms with Crippen molar-refractivity contribution in [2.75, 3.05) is 13.2 Å². The van der Waals surface area contributed by atoms with Crippen molar-refractivity contribution in [1.29, 1.82) is 0 Å². The van der Waals surface area contributed by atoms with Crippen LogP contribution in [0.25, 0.3) is 11.1 Å². The number of esters is 1. The fraction of sp³-hybridized carbons (Fsp3) is 0.136. The van der Waals surface area contributed by atoms with Gasteiger partial charge in [-0.1, -0.05) is 72.8 Å². The minimum atomic E-state index is -0.358. The monoisotopic (exact) mass is 332 g/mol. The van der Waals surface area contributed by atoms with Crippen molar-refractivity contribution in [1.82, 2.24) is 0 Å². The zero-order chi connectivity index (χ0) is 17.3. The van der Waals surface area contributed by atoms with E-state index in [-0.39, 0.29) is 12.6 Å². The fourth-order valence-electron chi connectivity index (χ4n) is 2.49. The van der Waals surface area contributed by atoms with Crippen molar-refractivity contribution in [3.8, 4) is 16.9 Å². The predicted octanol–water partition coefficient (Wildman–Crippen LogP) is 4.52. The highest BCUT2D eigenvalue weighted by Crippen LogP contribution is 2.21. The molecule has 0 saturated carbocycles. The van der Waals surface area contributed by atoms with Gasteiger partial charge in [0.1, 0.15) is 5.75 Å². The van der Waals surface area contributed by atoms with Gasteiger partial charge in [-0.15, -0.1) is 0 Å². The topological polar surface area (TPSA) is 35.5 Å². The fourth-order valence-corrected chi connectivity index (χ4v) is 2.49. The third-order valence-corrected chi connectivity index (χ3v) is 3.81. The van der Waals surface area contributed by atoms with Crippen LogP contribution < -0.4 is 4.74 Å². The third kappa shape index (κ3) is 5.21. The normalized spacial score (nSPS) is 10.2. The molecule has 0 aliphatic carbocycles. The summed E-state index contributed by atoms with van der Waals surface area (Å²) in [4.78, 5) is 11.7. The molecule has 3 rings (SSSR count). The second kappa shape index (κ2) is 8.69. The molecule has 0 N–H and O–H groups in total. The molecule has 0 fully saturated rings. The summed E-state index contributed by atoms with van der Waals surface area (Å²) in [6.07, 6.45) is 0.707. The van der Waals surface area contributed by atoms with Crippen LogP contribution in [0.1, 0.15) is 5.56 Å². The first kappa shape index (κ1) is 16.8. The Morgan fingerprint density at radius 2 is 1.32 bits per heavy atom. The molecule has 0 aliphatic rings. The summed E-state index contributed by atoms with van der Waals surface area (Å²) in [5.74, 6) is 0.294. The van der Waals surface area contributed by atoms with Crippen LogP contribution in [0.4, 0.5) is 0 Å². The number of ether oxygens (including phenoxy) is 2. The molecule has 0 amide bonds. The molecule has 0 unspecified atom stereocenters. The van der Waals surface area contributed by atoms with E-state index in [0.717, 1.165) is 16.7 Å². The summed E-state index contributed by atoms with van der Waals surface area (Å²) in [6.45, 7) is 0.276. The van der Waals surface area contributed by atoms with Gasteiger partial charge in [0.2, 0.25) is 0 Å². The van der Waals surface area contributed by atoms with Gasteiger partial charge in [-0.05, 0) is 28.8 Å². The third-order valence-electron chi connectivity index (χ3n) is 3.81. The van der Waals surface area contributed by atoms with Crippen molar-refractivity contribution >= 4 is 5.97 Å². The van der Waals surface area contributed by atoms with E-state index >= 15 is 0 Å². The van der Waals surface area contributed by atoms with E-state index in [1.807, 2.05) is 72.8 Å². The van der Waals surface area contributed by atoms with Gasteiger partial charge in [0.05, 0.1) is 6.61 Å². The van der Waals surface area contributed by atoms with Crippen molar-refractivity contribution in [3.63, 3.8) is 0 Å². The maximum Gasteiger partial charge on any atom is 0.344 e. The number of hydrogen-bond acceptors (Lipinski definition) is 3. The van der Waals surface area contributed by atoms with Crippen LogP contribution in [-0.2, 0) is 16.0 Å². The van der Waals surface area contributed by atoms with E-state index in [1.54, 1.807) is 0 Å². The number of hydrogen-bond donors (Lipinski definition) is 0. The molecule has 25 heavy (non-hydrogen) atoms. The standard InChI is InChI=1S/C22H20O3/c23-22(24-16-15-18-7-3-1-4-8-18)17-25-21-13-11-20(12-14-21)19-9-5-2-6-10-19/h1-14H,15-17H2. The summed E-state index contributed by atoms with van der Waals surface area (Å²) in [6, 6.07) is 27.7. The Morgan fingerprint density at radius 3 is 2.00 bits per heavy atom. The van der Waals surface area contributed by atoms with Crippen LogP contribution in [0.5, 0.6) is 5.75 Å². The summed E-state index contributed by atoms with van der Waals surface area (Å²) in [5.41, 5.74) is 3.40. The Labute approximate surface area is 147 Å². The highest BCUT2D eigenvalue weighted by atomic mass is 16.6. The van der Waals surface area contributed by atoms with Crippen molar-refractivity contribution in [2.24, 2.45) is 0 Å². The van der Waals surface area contributed by atoms with Gasteiger partial charge in [0, 0.05) is 6.42 Å². The van der Waals surface area contributed by atoms with E-state index in [4.69, 9.17) is 9.47 Å². The SMILES string of the molecule is O=C(COc1ccc(-c2ccccc2)cc1)OCCc1ccccc1. The number of benzene rings is 3. The van der Waals surface area contributed by atoms with E-state index in [1.165, 1.54) is 0 Å². The summed E-state index contributed by atoms with van der Waals surface area (Å²) in [5, 5.41) is 0. The summed E-state index contributed by atoms with van der Waals surface area (Å²) in [7, 11) is 0. The van der Waals surface area contributed by atoms with Gasteiger partial charge in [0.25, 0.3) is 0 Å². The van der Waals surface area contributed by atoms with E-state index in [0.29, 0.717) is 18.8 Å². The second-order valence-corrected chi connectivity index (χ2v) is 5.64. The minimum Gasteiger partial charge on any atom is -0.482 e. The Bertz CT molecular complexity index is 781. The van der Waals surface area contributed by atoms with Gasteiger partial charge < -0.3 is 9.47 Å². The predicted molar refractivity (Wildman–Crippen MR) is 98.5 cm³/mol. The molecule has 0 aromatic heterocycles. The molecule has 0 heterocycles. The van der Waals surface area contributed by atoms with E-state index < -0.39 is 0 Å². The van der Waals surface area contributed by atoms with E-state index in [2.05, 4.69) is 12.1 Å². The molecule has 3 nitrogen and oxygen atoms in total. The second-order valence-electron chi connectivity index (χ2n) is 5.64. The van der Waals surface area contributed by atoms with E-state index in [9.17, 15) is 4.79 Å². The maximum absolute atomic E-state index is 11.7. The first-order valence-electron chi connectivity index (χ1n) is 8.29. The maximum atomic E-state index is 11.7. The van der Waals surface area contributed by atoms with Crippen LogP contribution in [-0.4, -0.2) is 19.2 Å². The van der Waals surface area contributed by atoms with Crippen molar-refractivity contribution < 1.29 is 14.3 Å². The molecule has 3 aromatic carbocycles. The summed E-state index contributed by atoms with van der Waals surface area (Å²) >= 11 is 0. The Morgan fingerprint density at radius 1 is 0.720 bits per heavy atom. The molecule has 0 bridgehead atoms. The van der Waals surface area contributed by atoms with Crippen molar-refractivity contribution in [2.45, 2.75) is 6.42 Å². The molecule has 0 atom stereocenters. The number of rotatable bonds is 7. The highest BCUT2D eigenvalue weighted by molar-refractivity contribution is 5.71. The molecule has 0 saturated heterocycles. The smallest absolute Gasteiger partial charge is 0.344 e. The molecule has 3 aromatic rings. The van der Waals surface area contributed by atoms with Crippen LogP contribution in [0.2, 0.25) is 0 Å². The van der Waals surface area contributed by atoms with Crippen LogP contribution in [0.3, 0.4) is 0 Å². The van der Waals surface area contributed by atoms with Gasteiger partial charge in [0.15, 0.2) is 6.61 Å². The molecule has 0 radical (unpaired) electrons. The Hall–Kier alpha value is -3.07.